The van der Waals surface area contributed by atoms with Crippen molar-refractivity contribution in [2.45, 2.75) is 19.9 Å². The first-order valence-corrected chi connectivity index (χ1v) is 5.99. The van der Waals surface area contributed by atoms with E-state index in [1.807, 2.05) is 6.92 Å². The zero-order valence-corrected chi connectivity index (χ0v) is 8.89. The Balaban J connectivity index is 2.68. The van der Waals surface area contributed by atoms with Crippen molar-refractivity contribution >= 4 is 10.2 Å². The molecule has 0 aromatic carbocycles. The van der Waals surface area contributed by atoms with E-state index in [4.69, 9.17) is 0 Å². The highest BCUT2D eigenvalue weighted by molar-refractivity contribution is 7.87. The first kappa shape index (κ1) is 10.9. The Hall–Kier alpha value is -0.170. The van der Waals surface area contributed by atoms with E-state index in [0.717, 1.165) is 13.1 Å². The highest BCUT2D eigenvalue weighted by Gasteiger charge is 2.28. The first-order chi connectivity index (χ1) is 6.08. The minimum absolute atomic E-state index is 0.0396. The van der Waals surface area contributed by atoms with Crippen LogP contribution in [0.4, 0.5) is 0 Å². The maximum Gasteiger partial charge on any atom is 0.279 e. The van der Waals surface area contributed by atoms with Crippen LogP contribution in [0.15, 0.2) is 0 Å². The van der Waals surface area contributed by atoms with Crippen molar-refractivity contribution in [2.24, 2.45) is 0 Å². The van der Waals surface area contributed by atoms with E-state index in [2.05, 4.69) is 10.0 Å². The Morgan fingerprint density at radius 3 is 2.85 bits per heavy atom. The zero-order valence-electron chi connectivity index (χ0n) is 8.08. The van der Waals surface area contributed by atoms with Gasteiger partial charge >= 0.3 is 0 Å². The average Bonchev–Trinajstić information content (AvgIpc) is 2.04. The summed E-state index contributed by atoms with van der Waals surface area (Å²) in [5.41, 5.74) is 0. The summed E-state index contributed by atoms with van der Waals surface area (Å²) in [5.74, 6) is 0. The van der Waals surface area contributed by atoms with E-state index in [1.54, 1.807) is 6.92 Å². The summed E-state index contributed by atoms with van der Waals surface area (Å²) in [7, 11) is -3.24. The summed E-state index contributed by atoms with van der Waals surface area (Å²) in [6.07, 6.45) is 0. The van der Waals surface area contributed by atoms with Crippen LogP contribution in [0, 0.1) is 0 Å². The molecule has 0 radical (unpaired) electrons. The maximum atomic E-state index is 11.6. The minimum Gasteiger partial charge on any atom is -0.314 e. The van der Waals surface area contributed by atoms with Crippen molar-refractivity contribution in [1.82, 2.24) is 14.3 Å². The van der Waals surface area contributed by atoms with Crippen molar-refractivity contribution in [3.8, 4) is 0 Å². The molecule has 13 heavy (non-hydrogen) atoms. The van der Waals surface area contributed by atoms with Gasteiger partial charge < -0.3 is 5.32 Å². The van der Waals surface area contributed by atoms with Crippen LogP contribution in [0.25, 0.3) is 0 Å². The molecule has 1 aliphatic heterocycles. The Morgan fingerprint density at radius 2 is 2.31 bits per heavy atom. The van der Waals surface area contributed by atoms with E-state index in [0.29, 0.717) is 13.1 Å². The molecule has 1 aliphatic rings. The Bertz CT molecular complexity index is 252. The smallest absolute Gasteiger partial charge is 0.279 e. The topological polar surface area (TPSA) is 61.4 Å². The molecule has 5 nitrogen and oxygen atoms in total. The summed E-state index contributed by atoms with van der Waals surface area (Å²) >= 11 is 0. The third-order valence-electron chi connectivity index (χ3n) is 2.08. The van der Waals surface area contributed by atoms with E-state index in [-0.39, 0.29) is 6.04 Å². The molecule has 2 N–H and O–H groups in total. The minimum atomic E-state index is -3.24. The molecular formula is C7H17N3O2S. The predicted molar refractivity (Wildman–Crippen MR) is 51.6 cm³/mol. The van der Waals surface area contributed by atoms with Crippen LogP contribution < -0.4 is 10.0 Å². The van der Waals surface area contributed by atoms with Crippen LogP contribution in [0.5, 0.6) is 0 Å². The third-order valence-corrected chi connectivity index (χ3v) is 3.89. The van der Waals surface area contributed by atoms with Crippen LogP contribution >= 0.6 is 0 Å². The first-order valence-electron chi connectivity index (χ1n) is 4.55. The number of hydrogen-bond donors (Lipinski definition) is 2. The molecular weight excluding hydrogens is 190 g/mol. The van der Waals surface area contributed by atoms with Gasteiger partial charge in [-0.3, -0.25) is 0 Å². The molecule has 0 aromatic rings. The largest absolute Gasteiger partial charge is 0.314 e. The second-order valence-electron chi connectivity index (χ2n) is 3.17. The van der Waals surface area contributed by atoms with Crippen LogP contribution in [0.2, 0.25) is 0 Å². The Morgan fingerprint density at radius 1 is 1.62 bits per heavy atom. The molecule has 0 bridgehead atoms. The van der Waals surface area contributed by atoms with Gasteiger partial charge in [-0.05, 0) is 6.92 Å². The number of nitrogens with one attached hydrogen (secondary N) is 2. The van der Waals surface area contributed by atoms with Crippen LogP contribution in [0.3, 0.4) is 0 Å². The van der Waals surface area contributed by atoms with E-state index in [9.17, 15) is 8.42 Å². The molecule has 1 heterocycles. The average molecular weight is 207 g/mol. The Kier molecular flexibility index (Phi) is 3.66. The second-order valence-corrected chi connectivity index (χ2v) is 4.87. The summed E-state index contributed by atoms with van der Waals surface area (Å²) in [6.45, 7) is 6.14. The summed E-state index contributed by atoms with van der Waals surface area (Å²) < 4.78 is 27.2. The van der Waals surface area contributed by atoms with Crippen LogP contribution in [-0.2, 0) is 10.2 Å². The van der Waals surface area contributed by atoms with Gasteiger partial charge in [0.2, 0.25) is 0 Å². The number of piperazine rings is 1. The molecule has 6 heteroatoms. The van der Waals surface area contributed by atoms with Crippen molar-refractivity contribution in [1.29, 1.82) is 0 Å². The maximum absolute atomic E-state index is 11.6. The number of nitrogens with zero attached hydrogens (tertiary/aromatic N) is 1. The molecule has 1 saturated heterocycles. The van der Waals surface area contributed by atoms with Gasteiger partial charge in [0, 0.05) is 32.2 Å². The molecule has 78 valence electrons. The van der Waals surface area contributed by atoms with Crippen molar-refractivity contribution in [3.63, 3.8) is 0 Å². The molecule has 1 unspecified atom stereocenters. The normalized spacial score (nSPS) is 26.2. The lowest BCUT2D eigenvalue weighted by Crippen LogP contribution is -2.55. The summed E-state index contributed by atoms with van der Waals surface area (Å²) in [5, 5.41) is 3.14. The molecule has 1 fully saturated rings. The van der Waals surface area contributed by atoms with E-state index in [1.165, 1.54) is 4.31 Å². The monoisotopic (exact) mass is 207 g/mol. The lowest BCUT2D eigenvalue weighted by molar-refractivity contribution is 0.280. The molecule has 0 saturated carbocycles. The fourth-order valence-electron chi connectivity index (χ4n) is 1.44. The van der Waals surface area contributed by atoms with Gasteiger partial charge in [-0.1, -0.05) is 6.92 Å². The molecule has 0 spiro atoms. The van der Waals surface area contributed by atoms with Gasteiger partial charge in [0.15, 0.2) is 0 Å². The van der Waals surface area contributed by atoms with Gasteiger partial charge in [-0.2, -0.15) is 12.7 Å². The van der Waals surface area contributed by atoms with E-state index >= 15 is 0 Å². The van der Waals surface area contributed by atoms with E-state index < -0.39 is 10.2 Å². The Labute approximate surface area is 79.7 Å². The van der Waals surface area contributed by atoms with Crippen molar-refractivity contribution in [2.75, 3.05) is 26.2 Å². The standard InChI is InChI=1S/C7H17N3O2S/c1-3-9-13(11,12)10-5-4-8-6-7(10)2/h7-9H,3-6H2,1-2H3. The SMILES string of the molecule is CCNS(=O)(=O)N1CCNCC1C. The quantitative estimate of drug-likeness (QED) is 0.633. The third kappa shape index (κ3) is 2.63. The van der Waals surface area contributed by atoms with Gasteiger partial charge in [0.25, 0.3) is 10.2 Å². The fraction of sp³-hybridized carbons (Fsp3) is 1.00. The highest BCUT2D eigenvalue weighted by atomic mass is 32.2. The molecule has 1 atom stereocenters. The molecule has 0 amide bonds. The van der Waals surface area contributed by atoms with Crippen LogP contribution in [0.1, 0.15) is 13.8 Å². The van der Waals surface area contributed by atoms with Gasteiger partial charge in [-0.15, -0.1) is 0 Å². The van der Waals surface area contributed by atoms with Crippen LogP contribution in [-0.4, -0.2) is 44.9 Å². The predicted octanol–water partition coefficient (Wildman–Crippen LogP) is -0.866. The molecule has 1 rings (SSSR count). The van der Waals surface area contributed by atoms with Crippen molar-refractivity contribution in [3.05, 3.63) is 0 Å². The fourth-order valence-corrected chi connectivity index (χ4v) is 2.86. The number of rotatable bonds is 3. The van der Waals surface area contributed by atoms with Gasteiger partial charge in [-0.25, -0.2) is 4.72 Å². The summed E-state index contributed by atoms with van der Waals surface area (Å²) in [6, 6.07) is 0.0396. The van der Waals surface area contributed by atoms with Crippen molar-refractivity contribution < 1.29 is 8.42 Å². The summed E-state index contributed by atoms with van der Waals surface area (Å²) in [4.78, 5) is 0. The molecule has 0 aromatic heterocycles. The lowest BCUT2D eigenvalue weighted by atomic mass is 10.3. The zero-order chi connectivity index (χ0) is 9.90. The molecule has 0 aliphatic carbocycles. The van der Waals surface area contributed by atoms with Gasteiger partial charge in [0.1, 0.15) is 0 Å². The van der Waals surface area contributed by atoms with Gasteiger partial charge in [0.05, 0.1) is 0 Å². The lowest BCUT2D eigenvalue weighted by Gasteiger charge is -2.32. The number of hydrogen-bond acceptors (Lipinski definition) is 3. The highest BCUT2D eigenvalue weighted by Crippen LogP contribution is 2.06. The second kappa shape index (κ2) is 4.36.